The smallest absolute Gasteiger partial charge is 0.243 e. The molecule has 8 heteroatoms. The molecular weight excluding hydrogens is 438 g/mol. The van der Waals surface area contributed by atoms with Crippen LogP contribution in [0.3, 0.4) is 0 Å². The van der Waals surface area contributed by atoms with Gasteiger partial charge in [-0.2, -0.15) is 4.31 Å². The van der Waals surface area contributed by atoms with Crippen molar-refractivity contribution in [3.8, 4) is 0 Å². The third-order valence-electron chi connectivity index (χ3n) is 6.52. The molecule has 1 N–H and O–H groups in total. The van der Waals surface area contributed by atoms with E-state index >= 15 is 0 Å². The quantitative estimate of drug-likeness (QED) is 0.723. The maximum atomic E-state index is 13.1. The van der Waals surface area contributed by atoms with Crippen LogP contribution in [-0.2, 0) is 26.0 Å². The molecule has 176 valence electrons. The molecule has 0 bridgehead atoms. The highest BCUT2D eigenvalue weighted by molar-refractivity contribution is 7.89. The minimum atomic E-state index is -3.60. The van der Waals surface area contributed by atoms with E-state index in [1.54, 1.807) is 27.4 Å². The fourth-order valence-electron chi connectivity index (χ4n) is 4.80. The molecule has 2 aliphatic rings. The van der Waals surface area contributed by atoms with Crippen molar-refractivity contribution in [2.24, 2.45) is 0 Å². The average Bonchev–Trinajstić information content (AvgIpc) is 3.09. The van der Waals surface area contributed by atoms with E-state index in [0.717, 1.165) is 43.2 Å². The molecule has 0 saturated carbocycles. The minimum Gasteiger partial charge on any atom is -0.335 e. The van der Waals surface area contributed by atoms with E-state index in [-0.39, 0.29) is 29.2 Å². The molecule has 1 atom stereocenters. The highest BCUT2D eigenvalue weighted by Gasteiger charge is 2.31. The maximum absolute atomic E-state index is 13.1. The van der Waals surface area contributed by atoms with Crippen molar-refractivity contribution in [2.75, 3.05) is 25.0 Å². The summed E-state index contributed by atoms with van der Waals surface area (Å²) < 4.78 is 27.8. The third-order valence-corrected chi connectivity index (χ3v) is 8.41. The molecule has 1 fully saturated rings. The van der Waals surface area contributed by atoms with E-state index in [2.05, 4.69) is 5.32 Å². The molecule has 0 spiro atoms. The number of nitrogens with one attached hydrogen (secondary N) is 1. The zero-order chi connectivity index (χ0) is 23.4. The monoisotopic (exact) mass is 469 g/mol. The van der Waals surface area contributed by atoms with Gasteiger partial charge in [0.05, 0.1) is 17.4 Å². The summed E-state index contributed by atoms with van der Waals surface area (Å²) in [5, 5.41) is 2.85. The van der Waals surface area contributed by atoms with E-state index in [1.807, 2.05) is 24.3 Å². The maximum Gasteiger partial charge on any atom is 0.243 e. The van der Waals surface area contributed by atoms with Gasteiger partial charge in [0, 0.05) is 32.2 Å². The Balaban J connectivity index is 1.50. The van der Waals surface area contributed by atoms with Crippen molar-refractivity contribution >= 4 is 27.5 Å². The second-order valence-electron chi connectivity index (χ2n) is 8.78. The molecule has 1 saturated heterocycles. The lowest BCUT2D eigenvalue weighted by atomic mass is 9.90. The van der Waals surface area contributed by atoms with Crippen molar-refractivity contribution in [3.05, 3.63) is 59.7 Å². The molecule has 2 aliphatic heterocycles. The molecule has 4 rings (SSSR count). The van der Waals surface area contributed by atoms with Gasteiger partial charge in [0.15, 0.2) is 0 Å². The van der Waals surface area contributed by atoms with Gasteiger partial charge >= 0.3 is 0 Å². The number of amides is 2. The molecular formula is C25H31N3O4S. The Bertz CT molecular complexity index is 1120. The van der Waals surface area contributed by atoms with E-state index in [1.165, 1.54) is 13.0 Å². The van der Waals surface area contributed by atoms with Crippen molar-refractivity contribution in [2.45, 2.75) is 56.4 Å². The summed E-state index contributed by atoms with van der Waals surface area (Å²) in [6.07, 6.45) is 4.70. The van der Waals surface area contributed by atoms with Gasteiger partial charge in [0.25, 0.3) is 0 Å². The highest BCUT2D eigenvalue weighted by atomic mass is 32.2. The fraction of sp³-hybridized carbons (Fsp3) is 0.440. The van der Waals surface area contributed by atoms with Crippen LogP contribution in [0.1, 0.15) is 56.2 Å². The molecule has 2 amide bonds. The van der Waals surface area contributed by atoms with Gasteiger partial charge < -0.3 is 10.2 Å². The predicted octanol–water partition coefficient (Wildman–Crippen LogP) is 3.73. The SMILES string of the molecule is CC(=O)N1CCc2ccccc2C1CC(=O)Nc1cccc(S(=O)(=O)N2CCCCCC2)c1. The summed E-state index contributed by atoms with van der Waals surface area (Å²) in [5.74, 6) is -0.319. The zero-order valence-corrected chi connectivity index (χ0v) is 19.8. The minimum absolute atomic E-state index is 0.0622. The van der Waals surface area contributed by atoms with Crippen LogP contribution in [0, 0.1) is 0 Å². The van der Waals surface area contributed by atoms with Crippen molar-refractivity contribution in [1.82, 2.24) is 9.21 Å². The molecule has 7 nitrogen and oxygen atoms in total. The Labute approximate surface area is 195 Å². The van der Waals surface area contributed by atoms with Gasteiger partial charge in [-0.3, -0.25) is 9.59 Å². The van der Waals surface area contributed by atoms with Gasteiger partial charge in [-0.1, -0.05) is 43.2 Å². The highest BCUT2D eigenvalue weighted by Crippen LogP contribution is 2.32. The van der Waals surface area contributed by atoms with E-state index in [9.17, 15) is 18.0 Å². The van der Waals surface area contributed by atoms with Gasteiger partial charge in [-0.05, 0) is 48.6 Å². The lowest BCUT2D eigenvalue weighted by molar-refractivity contribution is -0.132. The number of rotatable bonds is 5. The molecule has 0 aliphatic carbocycles. The normalized spacial score (nSPS) is 19.4. The topological polar surface area (TPSA) is 86.8 Å². The van der Waals surface area contributed by atoms with Gasteiger partial charge in [0.2, 0.25) is 21.8 Å². The lowest BCUT2D eigenvalue weighted by Gasteiger charge is -2.36. The van der Waals surface area contributed by atoms with E-state index < -0.39 is 10.0 Å². The Morgan fingerprint density at radius 1 is 0.970 bits per heavy atom. The van der Waals surface area contributed by atoms with Crippen LogP contribution in [0.4, 0.5) is 5.69 Å². The number of sulfonamides is 1. The number of carbonyl (C=O) groups is 2. The van der Waals surface area contributed by atoms with Crippen LogP contribution in [0.2, 0.25) is 0 Å². The van der Waals surface area contributed by atoms with Crippen molar-refractivity contribution in [3.63, 3.8) is 0 Å². The van der Waals surface area contributed by atoms with Crippen LogP contribution in [0.5, 0.6) is 0 Å². The Kier molecular flexibility index (Phi) is 7.14. The second-order valence-corrected chi connectivity index (χ2v) is 10.7. The number of hydrogen-bond donors (Lipinski definition) is 1. The first-order valence-electron chi connectivity index (χ1n) is 11.6. The summed E-state index contributed by atoms with van der Waals surface area (Å²) in [5.41, 5.74) is 2.58. The number of benzene rings is 2. The summed E-state index contributed by atoms with van der Waals surface area (Å²) >= 11 is 0. The van der Waals surface area contributed by atoms with Crippen LogP contribution < -0.4 is 5.32 Å². The third kappa shape index (κ3) is 5.28. The number of hydrogen-bond acceptors (Lipinski definition) is 4. The Morgan fingerprint density at radius 3 is 2.42 bits per heavy atom. The first-order valence-corrected chi connectivity index (χ1v) is 13.1. The number of anilines is 1. The first-order chi connectivity index (χ1) is 15.9. The van der Waals surface area contributed by atoms with Crippen molar-refractivity contribution < 1.29 is 18.0 Å². The number of fused-ring (bicyclic) bond motifs is 1. The number of nitrogens with zero attached hydrogens (tertiary/aromatic N) is 2. The second kappa shape index (κ2) is 10.1. The molecule has 0 aromatic heterocycles. The van der Waals surface area contributed by atoms with E-state index in [0.29, 0.717) is 25.3 Å². The summed E-state index contributed by atoms with van der Waals surface area (Å²) in [4.78, 5) is 27.1. The molecule has 2 aromatic carbocycles. The molecule has 33 heavy (non-hydrogen) atoms. The van der Waals surface area contributed by atoms with Crippen molar-refractivity contribution in [1.29, 1.82) is 0 Å². The molecule has 2 heterocycles. The summed E-state index contributed by atoms with van der Waals surface area (Å²) in [7, 11) is -3.60. The van der Waals surface area contributed by atoms with Gasteiger partial charge in [0.1, 0.15) is 0 Å². The lowest BCUT2D eigenvalue weighted by Crippen LogP contribution is -2.40. The van der Waals surface area contributed by atoms with E-state index in [4.69, 9.17) is 0 Å². The molecule has 0 radical (unpaired) electrons. The molecule has 2 aromatic rings. The van der Waals surface area contributed by atoms with Gasteiger partial charge in [-0.25, -0.2) is 8.42 Å². The fourth-order valence-corrected chi connectivity index (χ4v) is 6.37. The Hall–Kier alpha value is -2.71. The zero-order valence-electron chi connectivity index (χ0n) is 19.0. The average molecular weight is 470 g/mol. The summed E-state index contributed by atoms with van der Waals surface area (Å²) in [6.45, 7) is 3.16. The first kappa shape index (κ1) is 23.4. The van der Waals surface area contributed by atoms with Gasteiger partial charge in [-0.15, -0.1) is 0 Å². The Morgan fingerprint density at radius 2 is 1.70 bits per heavy atom. The van der Waals surface area contributed by atoms with Crippen LogP contribution in [0.25, 0.3) is 0 Å². The predicted molar refractivity (Wildman–Crippen MR) is 127 cm³/mol. The largest absolute Gasteiger partial charge is 0.335 e. The molecule has 1 unspecified atom stereocenters. The van der Waals surface area contributed by atoms with Crippen LogP contribution in [-0.4, -0.2) is 49.1 Å². The standard InChI is InChI=1S/C25H31N3O4S/c1-19(29)28-16-13-20-9-4-5-12-23(20)24(28)18-25(30)26-21-10-8-11-22(17-21)33(31,32)27-14-6-2-3-7-15-27/h4-5,8-12,17,24H,2-3,6-7,13-16,18H2,1H3,(H,26,30). The van der Waals surface area contributed by atoms with Crippen LogP contribution in [0.15, 0.2) is 53.4 Å². The summed E-state index contributed by atoms with van der Waals surface area (Å²) in [6, 6.07) is 14.0. The number of carbonyl (C=O) groups excluding carboxylic acids is 2. The van der Waals surface area contributed by atoms with Crippen LogP contribution >= 0.6 is 0 Å².